The zero-order valence-electron chi connectivity index (χ0n) is 16.9. The standard InChI is InChI=1S/C22H28N4O3/c1-15-14-20(18-8-5-9-19(26(28)29)21(18)23-15)25-12-10-17(11-13-25)24-22(27)16-6-3-2-4-7-16/h5,8-9,14,16-17H,2-4,6-7,10-13H2,1H3,(H,24,27). The fraction of sp³-hybridized carbons (Fsp3) is 0.545. The normalized spacial score (nSPS) is 18.7. The summed E-state index contributed by atoms with van der Waals surface area (Å²) in [7, 11) is 0. The second-order valence-corrected chi connectivity index (χ2v) is 8.32. The number of amides is 1. The van der Waals surface area contributed by atoms with Gasteiger partial charge in [0, 0.05) is 47.9 Å². The van der Waals surface area contributed by atoms with Gasteiger partial charge in [-0.25, -0.2) is 4.98 Å². The Labute approximate surface area is 170 Å². The third-order valence-electron chi connectivity index (χ3n) is 6.28. The zero-order chi connectivity index (χ0) is 20.4. The third-order valence-corrected chi connectivity index (χ3v) is 6.28. The number of aryl methyl sites for hydroxylation is 1. The van der Waals surface area contributed by atoms with Crippen molar-refractivity contribution in [3.05, 3.63) is 40.1 Å². The number of aromatic nitrogens is 1. The number of fused-ring (bicyclic) bond motifs is 1. The number of pyridine rings is 1. The van der Waals surface area contributed by atoms with Gasteiger partial charge >= 0.3 is 0 Å². The van der Waals surface area contributed by atoms with Gasteiger partial charge in [0.2, 0.25) is 5.91 Å². The summed E-state index contributed by atoms with van der Waals surface area (Å²) in [4.78, 5) is 30.3. The molecule has 2 aromatic rings. The number of anilines is 1. The highest BCUT2D eigenvalue weighted by molar-refractivity contribution is 5.97. The largest absolute Gasteiger partial charge is 0.371 e. The van der Waals surface area contributed by atoms with Crippen molar-refractivity contribution in [3.63, 3.8) is 0 Å². The summed E-state index contributed by atoms with van der Waals surface area (Å²) in [5, 5.41) is 15.5. The highest BCUT2D eigenvalue weighted by atomic mass is 16.6. The Morgan fingerprint density at radius 1 is 1.17 bits per heavy atom. The number of nitro benzene ring substituents is 1. The average molecular weight is 396 g/mol. The van der Waals surface area contributed by atoms with Gasteiger partial charge in [-0.2, -0.15) is 0 Å². The van der Waals surface area contributed by atoms with E-state index in [-0.39, 0.29) is 28.5 Å². The van der Waals surface area contributed by atoms with Gasteiger partial charge in [-0.3, -0.25) is 14.9 Å². The topological polar surface area (TPSA) is 88.4 Å². The summed E-state index contributed by atoms with van der Waals surface area (Å²) in [6, 6.07) is 7.35. The van der Waals surface area contributed by atoms with Crippen LogP contribution in [0.1, 0.15) is 50.6 Å². The van der Waals surface area contributed by atoms with Crippen LogP contribution in [-0.2, 0) is 4.79 Å². The van der Waals surface area contributed by atoms with Crippen LogP contribution in [0.15, 0.2) is 24.3 Å². The van der Waals surface area contributed by atoms with Crippen LogP contribution in [0.5, 0.6) is 0 Å². The van der Waals surface area contributed by atoms with Gasteiger partial charge < -0.3 is 10.2 Å². The molecule has 1 aromatic carbocycles. The first-order chi connectivity index (χ1) is 14.0. The molecule has 2 aliphatic rings. The monoisotopic (exact) mass is 396 g/mol. The number of hydrogen-bond donors (Lipinski definition) is 1. The molecule has 154 valence electrons. The number of piperidine rings is 1. The van der Waals surface area contributed by atoms with Crippen LogP contribution in [-0.4, -0.2) is 34.9 Å². The van der Waals surface area contributed by atoms with E-state index in [9.17, 15) is 14.9 Å². The SMILES string of the molecule is Cc1cc(N2CCC(NC(=O)C3CCCCC3)CC2)c2cccc([N+](=O)[O-])c2n1. The zero-order valence-corrected chi connectivity index (χ0v) is 16.9. The molecule has 1 aliphatic heterocycles. The van der Waals surface area contributed by atoms with E-state index in [0.717, 1.165) is 68.4 Å². The van der Waals surface area contributed by atoms with E-state index in [1.54, 1.807) is 6.07 Å². The summed E-state index contributed by atoms with van der Waals surface area (Å²) in [5.41, 5.74) is 2.25. The maximum atomic E-state index is 12.5. The molecule has 4 rings (SSSR count). The first-order valence-electron chi connectivity index (χ1n) is 10.6. The molecule has 1 aromatic heterocycles. The second kappa shape index (κ2) is 8.35. The first kappa shape index (κ1) is 19.6. The maximum Gasteiger partial charge on any atom is 0.295 e. The Morgan fingerprint density at radius 2 is 1.90 bits per heavy atom. The molecule has 1 saturated heterocycles. The van der Waals surface area contributed by atoms with Crippen LogP contribution in [0, 0.1) is 23.0 Å². The van der Waals surface area contributed by atoms with Gasteiger partial charge in [0.05, 0.1) is 4.92 Å². The minimum absolute atomic E-state index is 0.0436. The predicted octanol–water partition coefficient (Wildman–Crippen LogP) is 4.12. The number of para-hydroxylation sites is 1. The van der Waals surface area contributed by atoms with Gasteiger partial charge in [-0.05, 0) is 38.7 Å². The van der Waals surface area contributed by atoms with Crippen LogP contribution < -0.4 is 10.2 Å². The number of carbonyl (C=O) groups excluding carboxylic acids is 1. The summed E-state index contributed by atoms with van der Waals surface area (Å²) in [5.74, 6) is 0.415. The molecule has 1 aliphatic carbocycles. The van der Waals surface area contributed by atoms with Crippen molar-refractivity contribution in [3.8, 4) is 0 Å². The molecule has 29 heavy (non-hydrogen) atoms. The molecule has 0 atom stereocenters. The summed E-state index contributed by atoms with van der Waals surface area (Å²) < 4.78 is 0. The van der Waals surface area contributed by atoms with E-state index in [0.29, 0.717) is 5.52 Å². The first-order valence-corrected chi connectivity index (χ1v) is 10.6. The molecule has 1 saturated carbocycles. The van der Waals surface area contributed by atoms with E-state index in [1.165, 1.54) is 12.5 Å². The van der Waals surface area contributed by atoms with Crippen molar-refractivity contribution < 1.29 is 9.72 Å². The molecule has 1 amide bonds. The number of nitrogens with zero attached hydrogens (tertiary/aromatic N) is 3. The quantitative estimate of drug-likeness (QED) is 0.620. The molecule has 7 nitrogen and oxygen atoms in total. The third kappa shape index (κ3) is 4.18. The Kier molecular flexibility index (Phi) is 5.65. The Bertz CT molecular complexity index is 916. The fourth-order valence-electron chi connectivity index (χ4n) is 4.70. The number of hydrogen-bond acceptors (Lipinski definition) is 5. The van der Waals surface area contributed by atoms with E-state index in [4.69, 9.17) is 0 Å². The predicted molar refractivity (Wildman–Crippen MR) is 113 cm³/mol. The lowest BCUT2D eigenvalue weighted by Crippen LogP contribution is -2.46. The van der Waals surface area contributed by atoms with Crippen LogP contribution in [0.3, 0.4) is 0 Å². The van der Waals surface area contributed by atoms with Crippen LogP contribution >= 0.6 is 0 Å². The molecule has 2 fully saturated rings. The van der Waals surface area contributed by atoms with E-state index < -0.39 is 0 Å². The molecule has 2 heterocycles. The van der Waals surface area contributed by atoms with Crippen LogP contribution in [0.2, 0.25) is 0 Å². The van der Waals surface area contributed by atoms with Crippen LogP contribution in [0.4, 0.5) is 11.4 Å². The van der Waals surface area contributed by atoms with E-state index in [2.05, 4.69) is 15.2 Å². The average Bonchev–Trinajstić information content (AvgIpc) is 2.74. The van der Waals surface area contributed by atoms with Crippen molar-refractivity contribution in [1.82, 2.24) is 10.3 Å². The molecular weight excluding hydrogens is 368 g/mol. The second-order valence-electron chi connectivity index (χ2n) is 8.32. The van der Waals surface area contributed by atoms with Crippen molar-refractivity contribution in [1.29, 1.82) is 0 Å². The van der Waals surface area contributed by atoms with Crippen molar-refractivity contribution >= 4 is 28.2 Å². The highest BCUT2D eigenvalue weighted by Gasteiger charge is 2.27. The lowest BCUT2D eigenvalue weighted by molar-refractivity contribution is -0.383. The molecule has 0 unspecified atom stereocenters. The lowest BCUT2D eigenvalue weighted by Gasteiger charge is -2.35. The van der Waals surface area contributed by atoms with Gasteiger partial charge in [0.15, 0.2) is 5.52 Å². The highest BCUT2D eigenvalue weighted by Crippen LogP contribution is 2.33. The molecule has 1 N–H and O–H groups in total. The number of nitro groups is 1. The Morgan fingerprint density at radius 3 is 2.59 bits per heavy atom. The number of non-ortho nitro benzene ring substituents is 1. The lowest BCUT2D eigenvalue weighted by atomic mass is 9.88. The summed E-state index contributed by atoms with van der Waals surface area (Å²) >= 11 is 0. The Balaban J connectivity index is 1.47. The molecule has 0 radical (unpaired) electrons. The molecule has 0 bridgehead atoms. The number of benzene rings is 1. The number of nitrogens with one attached hydrogen (secondary N) is 1. The van der Waals surface area contributed by atoms with Gasteiger partial charge in [0.1, 0.15) is 0 Å². The Hall–Kier alpha value is -2.70. The molecular formula is C22H28N4O3. The van der Waals surface area contributed by atoms with E-state index in [1.807, 2.05) is 19.1 Å². The maximum absolute atomic E-state index is 12.5. The molecule has 7 heteroatoms. The van der Waals surface area contributed by atoms with Crippen molar-refractivity contribution in [2.45, 2.75) is 57.9 Å². The van der Waals surface area contributed by atoms with E-state index >= 15 is 0 Å². The van der Waals surface area contributed by atoms with Gasteiger partial charge in [-0.15, -0.1) is 0 Å². The smallest absolute Gasteiger partial charge is 0.295 e. The molecule has 0 spiro atoms. The number of rotatable bonds is 4. The summed E-state index contributed by atoms with van der Waals surface area (Å²) in [6.07, 6.45) is 7.39. The summed E-state index contributed by atoms with van der Waals surface area (Å²) in [6.45, 7) is 3.50. The fourth-order valence-corrected chi connectivity index (χ4v) is 4.70. The van der Waals surface area contributed by atoms with Gasteiger partial charge in [-0.1, -0.05) is 31.4 Å². The minimum atomic E-state index is -0.369. The van der Waals surface area contributed by atoms with Crippen molar-refractivity contribution in [2.75, 3.05) is 18.0 Å². The van der Waals surface area contributed by atoms with Gasteiger partial charge in [0.25, 0.3) is 5.69 Å². The number of carbonyl (C=O) groups is 1. The van der Waals surface area contributed by atoms with Crippen molar-refractivity contribution in [2.24, 2.45) is 5.92 Å². The minimum Gasteiger partial charge on any atom is -0.371 e. The van der Waals surface area contributed by atoms with Crippen LogP contribution in [0.25, 0.3) is 10.9 Å².